The third-order valence-electron chi connectivity index (χ3n) is 5.87. The summed E-state index contributed by atoms with van der Waals surface area (Å²) in [5.41, 5.74) is 2.50. The quantitative estimate of drug-likeness (QED) is 0.657. The number of carbonyl (C=O) groups is 1. The zero-order valence-corrected chi connectivity index (χ0v) is 19.2. The van der Waals surface area contributed by atoms with Crippen LogP contribution in [0, 0.1) is 0 Å². The van der Waals surface area contributed by atoms with E-state index in [9.17, 15) is 13.2 Å². The number of hydrogen-bond acceptors (Lipinski definition) is 6. The summed E-state index contributed by atoms with van der Waals surface area (Å²) in [6.45, 7) is 1.89. The first-order valence-electron chi connectivity index (χ1n) is 10.7. The Bertz CT molecular complexity index is 1080. The molecular formula is C23H28N2O6S. The molecule has 1 fully saturated rings. The van der Waals surface area contributed by atoms with Crippen molar-refractivity contribution in [3.05, 3.63) is 47.5 Å². The molecule has 1 saturated heterocycles. The number of nitrogens with zero attached hydrogens (tertiary/aromatic N) is 2. The summed E-state index contributed by atoms with van der Waals surface area (Å²) in [4.78, 5) is 15.1. The zero-order chi connectivity index (χ0) is 22.7. The Labute approximate surface area is 188 Å². The molecule has 0 N–H and O–H groups in total. The van der Waals surface area contributed by atoms with Crippen LogP contribution in [0.5, 0.6) is 11.5 Å². The van der Waals surface area contributed by atoms with E-state index >= 15 is 0 Å². The van der Waals surface area contributed by atoms with Gasteiger partial charge in [0.25, 0.3) is 0 Å². The number of sulfonamides is 1. The minimum atomic E-state index is -3.76. The lowest BCUT2D eigenvalue weighted by Gasteiger charge is -2.31. The van der Waals surface area contributed by atoms with Crippen molar-refractivity contribution in [1.82, 2.24) is 4.31 Å². The van der Waals surface area contributed by atoms with E-state index in [2.05, 4.69) is 0 Å². The first kappa shape index (κ1) is 22.6. The maximum Gasteiger partial charge on any atom is 0.246 e. The van der Waals surface area contributed by atoms with Crippen molar-refractivity contribution in [2.45, 2.75) is 24.2 Å². The van der Waals surface area contributed by atoms with Gasteiger partial charge in [0.05, 0.1) is 39.5 Å². The molecular weight excluding hydrogens is 432 g/mol. The molecule has 0 atom stereocenters. The number of rotatable bonds is 6. The standard InChI is InChI=1S/C23H28N2O6S/c1-29-19-9-8-17(15-21(19)32(27,28)24-11-13-31-14-12-24)16-22(26)25-10-4-6-18-5-3-7-20(30-2)23(18)25/h3,5,7-9,15H,4,6,10-14,16H2,1-2H3. The predicted molar refractivity (Wildman–Crippen MR) is 120 cm³/mol. The second-order valence-electron chi connectivity index (χ2n) is 7.80. The first-order valence-corrected chi connectivity index (χ1v) is 12.1. The van der Waals surface area contributed by atoms with Crippen LogP contribution in [-0.4, -0.2) is 65.7 Å². The first-order chi connectivity index (χ1) is 15.5. The van der Waals surface area contributed by atoms with Crippen LogP contribution in [0.15, 0.2) is 41.3 Å². The number of ether oxygens (including phenoxy) is 3. The second kappa shape index (κ2) is 9.48. The van der Waals surface area contributed by atoms with Crippen LogP contribution in [0.2, 0.25) is 0 Å². The summed E-state index contributed by atoms with van der Waals surface area (Å²) in [5.74, 6) is 0.828. The number of aryl methyl sites for hydroxylation is 1. The molecule has 0 unspecified atom stereocenters. The van der Waals surface area contributed by atoms with Crippen LogP contribution < -0.4 is 14.4 Å². The number of fused-ring (bicyclic) bond motifs is 1. The Morgan fingerprint density at radius 1 is 1.03 bits per heavy atom. The SMILES string of the molecule is COc1ccc(CC(=O)N2CCCc3cccc(OC)c32)cc1S(=O)(=O)N1CCOCC1. The summed E-state index contributed by atoms with van der Waals surface area (Å²) < 4.78 is 44.0. The van der Waals surface area contributed by atoms with Crippen LogP contribution in [0.1, 0.15) is 17.5 Å². The summed E-state index contributed by atoms with van der Waals surface area (Å²) in [5, 5.41) is 0. The van der Waals surface area contributed by atoms with Gasteiger partial charge in [0, 0.05) is 19.6 Å². The van der Waals surface area contributed by atoms with E-state index < -0.39 is 10.0 Å². The van der Waals surface area contributed by atoms with Crippen LogP contribution in [0.25, 0.3) is 0 Å². The van der Waals surface area contributed by atoms with Crippen molar-refractivity contribution in [2.75, 3.05) is 52.0 Å². The molecule has 4 rings (SSSR count). The Morgan fingerprint density at radius 2 is 1.78 bits per heavy atom. The number of morpholine rings is 1. The number of benzene rings is 2. The van der Waals surface area contributed by atoms with Crippen molar-refractivity contribution in [2.24, 2.45) is 0 Å². The molecule has 2 heterocycles. The highest BCUT2D eigenvalue weighted by Gasteiger charge is 2.30. The molecule has 2 aliphatic rings. The maximum atomic E-state index is 13.3. The molecule has 9 heteroatoms. The molecule has 1 amide bonds. The molecule has 32 heavy (non-hydrogen) atoms. The molecule has 0 aromatic heterocycles. The van der Waals surface area contributed by atoms with E-state index in [4.69, 9.17) is 14.2 Å². The fourth-order valence-corrected chi connectivity index (χ4v) is 5.87. The normalized spacial score (nSPS) is 17.0. The maximum absolute atomic E-state index is 13.3. The van der Waals surface area contributed by atoms with Gasteiger partial charge in [-0.2, -0.15) is 4.31 Å². The highest BCUT2D eigenvalue weighted by molar-refractivity contribution is 7.89. The smallest absolute Gasteiger partial charge is 0.246 e. The lowest BCUT2D eigenvalue weighted by atomic mass is 10.00. The number of anilines is 1. The Morgan fingerprint density at radius 3 is 2.50 bits per heavy atom. The van der Waals surface area contributed by atoms with E-state index in [1.54, 1.807) is 30.2 Å². The summed E-state index contributed by atoms with van der Waals surface area (Å²) >= 11 is 0. The highest BCUT2D eigenvalue weighted by atomic mass is 32.2. The van der Waals surface area contributed by atoms with E-state index in [0.29, 0.717) is 44.2 Å². The Balaban J connectivity index is 1.63. The van der Waals surface area contributed by atoms with Crippen molar-refractivity contribution in [1.29, 1.82) is 0 Å². The van der Waals surface area contributed by atoms with Crippen LogP contribution in [0.3, 0.4) is 0 Å². The van der Waals surface area contributed by atoms with Gasteiger partial charge >= 0.3 is 0 Å². The number of methoxy groups -OCH3 is 2. The lowest BCUT2D eigenvalue weighted by molar-refractivity contribution is -0.118. The van der Waals surface area contributed by atoms with E-state index in [1.165, 1.54) is 11.4 Å². The minimum Gasteiger partial charge on any atom is -0.495 e. The zero-order valence-electron chi connectivity index (χ0n) is 18.4. The van der Waals surface area contributed by atoms with Gasteiger partial charge in [0.2, 0.25) is 15.9 Å². The molecule has 8 nitrogen and oxygen atoms in total. The molecule has 0 radical (unpaired) electrons. The van der Waals surface area contributed by atoms with Gasteiger partial charge in [-0.3, -0.25) is 4.79 Å². The minimum absolute atomic E-state index is 0.0730. The molecule has 0 aliphatic carbocycles. The van der Waals surface area contributed by atoms with Gasteiger partial charge in [-0.05, 0) is 42.2 Å². The number of amides is 1. The molecule has 172 valence electrons. The Kier molecular flexibility index (Phi) is 6.68. The lowest BCUT2D eigenvalue weighted by Crippen LogP contribution is -2.40. The third kappa shape index (κ3) is 4.32. The highest BCUT2D eigenvalue weighted by Crippen LogP contribution is 2.37. The summed E-state index contributed by atoms with van der Waals surface area (Å²) in [7, 11) is -0.728. The van der Waals surface area contributed by atoms with Gasteiger partial charge in [-0.25, -0.2) is 8.42 Å². The average Bonchev–Trinajstić information content (AvgIpc) is 2.83. The van der Waals surface area contributed by atoms with Crippen LogP contribution in [-0.2, 0) is 32.4 Å². The van der Waals surface area contributed by atoms with Gasteiger partial charge < -0.3 is 19.1 Å². The molecule has 2 aromatic rings. The fraction of sp³-hybridized carbons (Fsp3) is 0.435. The summed E-state index contributed by atoms with van der Waals surface area (Å²) in [6, 6.07) is 10.7. The monoisotopic (exact) mass is 460 g/mol. The summed E-state index contributed by atoms with van der Waals surface area (Å²) in [6.07, 6.45) is 1.83. The van der Waals surface area contributed by atoms with E-state index in [1.807, 2.05) is 18.2 Å². The third-order valence-corrected chi connectivity index (χ3v) is 7.79. The van der Waals surface area contributed by atoms with Crippen molar-refractivity contribution in [3.8, 4) is 11.5 Å². The number of hydrogen-bond donors (Lipinski definition) is 0. The molecule has 0 saturated carbocycles. The van der Waals surface area contributed by atoms with E-state index in [0.717, 1.165) is 24.1 Å². The average molecular weight is 461 g/mol. The van der Waals surface area contributed by atoms with Crippen molar-refractivity contribution >= 4 is 21.6 Å². The molecule has 2 aromatic carbocycles. The van der Waals surface area contributed by atoms with Crippen LogP contribution >= 0.6 is 0 Å². The van der Waals surface area contributed by atoms with Crippen LogP contribution in [0.4, 0.5) is 5.69 Å². The predicted octanol–water partition coefficient (Wildman–Crippen LogP) is 2.25. The number of carbonyl (C=O) groups excluding carboxylic acids is 1. The second-order valence-corrected chi connectivity index (χ2v) is 9.70. The molecule has 0 spiro atoms. The van der Waals surface area contributed by atoms with Gasteiger partial charge in [-0.15, -0.1) is 0 Å². The topological polar surface area (TPSA) is 85.4 Å². The molecule has 2 aliphatic heterocycles. The fourth-order valence-electron chi connectivity index (χ4n) is 4.26. The van der Waals surface area contributed by atoms with Gasteiger partial charge in [0.1, 0.15) is 16.4 Å². The number of para-hydroxylation sites is 1. The Hall–Kier alpha value is -2.62. The van der Waals surface area contributed by atoms with E-state index in [-0.39, 0.29) is 23.0 Å². The van der Waals surface area contributed by atoms with Crippen molar-refractivity contribution < 1.29 is 27.4 Å². The van der Waals surface area contributed by atoms with Crippen molar-refractivity contribution in [3.63, 3.8) is 0 Å². The largest absolute Gasteiger partial charge is 0.495 e. The molecule has 0 bridgehead atoms. The van der Waals surface area contributed by atoms with Gasteiger partial charge in [0.15, 0.2) is 0 Å². The van der Waals surface area contributed by atoms with Gasteiger partial charge in [-0.1, -0.05) is 18.2 Å².